The van der Waals surface area contributed by atoms with Crippen molar-refractivity contribution in [2.75, 3.05) is 26.2 Å². The number of hydrogen-bond acceptors (Lipinski definition) is 2. The summed E-state index contributed by atoms with van der Waals surface area (Å²) in [5.74, 6) is 1.01. The molecule has 1 heterocycles. The zero-order valence-corrected chi connectivity index (χ0v) is 9.44. The molecule has 2 N–H and O–H groups in total. The van der Waals surface area contributed by atoms with Crippen LogP contribution in [0, 0.1) is 11.3 Å². The molecule has 2 fully saturated rings. The maximum Gasteiger partial charge on any atom is 0.00200 e. The van der Waals surface area contributed by atoms with Gasteiger partial charge in [-0.25, -0.2) is 0 Å². The first-order valence-corrected chi connectivity index (χ1v) is 6.26. The van der Waals surface area contributed by atoms with Crippen LogP contribution >= 0.6 is 0 Å². The molecule has 2 nitrogen and oxygen atoms in total. The lowest BCUT2D eigenvalue weighted by Crippen LogP contribution is -2.46. The van der Waals surface area contributed by atoms with E-state index in [1.54, 1.807) is 0 Å². The number of nitrogens with one attached hydrogen (secondary N) is 2. The highest BCUT2D eigenvalue weighted by molar-refractivity contribution is 4.87. The molecular formula is C12H24N2. The van der Waals surface area contributed by atoms with Crippen LogP contribution < -0.4 is 10.6 Å². The van der Waals surface area contributed by atoms with Crippen molar-refractivity contribution in [1.29, 1.82) is 0 Å². The minimum Gasteiger partial charge on any atom is -0.316 e. The van der Waals surface area contributed by atoms with Crippen LogP contribution in [0.1, 0.15) is 39.0 Å². The number of piperidine rings is 1. The fourth-order valence-electron chi connectivity index (χ4n) is 2.47. The fraction of sp³-hybridized carbons (Fsp3) is 1.00. The Bertz CT molecular complexity index is 169. The molecule has 14 heavy (non-hydrogen) atoms. The van der Waals surface area contributed by atoms with Crippen molar-refractivity contribution in [3.05, 3.63) is 0 Å². The third kappa shape index (κ3) is 2.71. The van der Waals surface area contributed by atoms with E-state index in [-0.39, 0.29) is 0 Å². The van der Waals surface area contributed by atoms with Gasteiger partial charge >= 0.3 is 0 Å². The van der Waals surface area contributed by atoms with E-state index < -0.39 is 0 Å². The van der Waals surface area contributed by atoms with E-state index in [1.807, 2.05) is 0 Å². The van der Waals surface area contributed by atoms with E-state index in [0.717, 1.165) is 5.92 Å². The first kappa shape index (κ1) is 10.4. The lowest BCUT2D eigenvalue weighted by molar-refractivity contribution is 0.192. The molecule has 2 heteroatoms. The lowest BCUT2D eigenvalue weighted by atomic mass is 9.78. The zero-order chi connectivity index (χ0) is 9.86. The molecule has 1 aliphatic heterocycles. The molecule has 0 aromatic carbocycles. The highest BCUT2D eigenvalue weighted by Gasteiger charge is 2.30. The Kier molecular flexibility index (Phi) is 3.45. The minimum absolute atomic E-state index is 0.563. The van der Waals surface area contributed by atoms with E-state index >= 15 is 0 Å². The average molecular weight is 196 g/mol. The second kappa shape index (κ2) is 4.63. The Morgan fingerprint density at radius 3 is 2.86 bits per heavy atom. The molecule has 0 aromatic rings. The smallest absolute Gasteiger partial charge is 0.00200 e. The van der Waals surface area contributed by atoms with E-state index in [1.165, 1.54) is 58.3 Å². The van der Waals surface area contributed by atoms with Crippen molar-refractivity contribution in [3.8, 4) is 0 Å². The predicted octanol–water partition coefficient (Wildman–Crippen LogP) is 1.77. The van der Waals surface area contributed by atoms with Gasteiger partial charge in [0.05, 0.1) is 0 Å². The van der Waals surface area contributed by atoms with Gasteiger partial charge in [0.15, 0.2) is 0 Å². The minimum atomic E-state index is 0.563. The van der Waals surface area contributed by atoms with E-state index in [0.29, 0.717) is 5.41 Å². The Morgan fingerprint density at radius 1 is 1.43 bits per heavy atom. The Balaban J connectivity index is 1.71. The second-order valence-corrected chi connectivity index (χ2v) is 5.21. The highest BCUT2D eigenvalue weighted by atomic mass is 14.9. The van der Waals surface area contributed by atoms with Gasteiger partial charge in [0.2, 0.25) is 0 Å². The van der Waals surface area contributed by atoms with Gasteiger partial charge in [-0.3, -0.25) is 0 Å². The fourth-order valence-corrected chi connectivity index (χ4v) is 2.47. The number of rotatable bonds is 5. The molecule has 1 atom stereocenters. The molecule has 1 saturated carbocycles. The molecular weight excluding hydrogens is 172 g/mol. The Morgan fingerprint density at radius 2 is 2.29 bits per heavy atom. The maximum absolute atomic E-state index is 3.67. The SMILES string of the molecule is CCC1(CNCC2CC2)CCCNC1. The van der Waals surface area contributed by atoms with Crippen LogP contribution in [0.5, 0.6) is 0 Å². The normalized spacial score (nSPS) is 33.2. The molecule has 1 unspecified atom stereocenters. The molecule has 0 amide bonds. The third-order valence-electron chi connectivity index (χ3n) is 3.94. The van der Waals surface area contributed by atoms with Gasteiger partial charge in [0.25, 0.3) is 0 Å². The second-order valence-electron chi connectivity index (χ2n) is 5.21. The van der Waals surface area contributed by atoms with Crippen LogP contribution in [0.2, 0.25) is 0 Å². The van der Waals surface area contributed by atoms with Gasteiger partial charge in [-0.15, -0.1) is 0 Å². The Hall–Kier alpha value is -0.0800. The van der Waals surface area contributed by atoms with Gasteiger partial charge in [-0.1, -0.05) is 6.92 Å². The average Bonchev–Trinajstić information content (AvgIpc) is 3.03. The van der Waals surface area contributed by atoms with Crippen LogP contribution in [0.4, 0.5) is 0 Å². The summed E-state index contributed by atoms with van der Waals surface area (Å²) >= 11 is 0. The van der Waals surface area contributed by atoms with Crippen LogP contribution in [-0.4, -0.2) is 26.2 Å². The first-order chi connectivity index (χ1) is 6.85. The maximum atomic E-state index is 3.67. The lowest BCUT2D eigenvalue weighted by Gasteiger charge is -2.37. The summed E-state index contributed by atoms with van der Waals surface area (Å²) in [6.07, 6.45) is 7.01. The Labute approximate surface area is 87.8 Å². The summed E-state index contributed by atoms with van der Waals surface area (Å²) in [6.45, 7) is 7.28. The van der Waals surface area contributed by atoms with Crippen molar-refractivity contribution in [2.24, 2.45) is 11.3 Å². The third-order valence-corrected chi connectivity index (χ3v) is 3.94. The molecule has 0 aromatic heterocycles. The van der Waals surface area contributed by atoms with Gasteiger partial charge in [0, 0.05) is 13.1 Å². The molecule has 0 radical (unpaired) electrons. The van der Waals surface area contributed by atoms with Crippen LogP contribution in [0.25, 0.3) is 0 Å². The largest absolute Gasteiger partial charge is 0.316 e. The predicted molar refractivity (Wildman–Crippen MR) is 60.4 cm³/mol. The molecule has 82 valence electrons. The summed E-state index contributed by atoms with van der Waals surface area (Å²) in [6, 6.07) is 0. The van der Waals surface area contributed by atoms with Gasteiger partial charge in [-0.2, -0.15) is 0 Å². The number of hydrogen-bond donors (Lipinski definition) is 2. The van der Waals surface area contributed by atoms with Crippen molar-refractivity contribution < 1.29 is 0 Å². The van der Waals surface area contributed by atoms with E-state index in [4.69, 9.17) is 0 Å². The van der Waals surface area contributed by atoms with Crippen molar-refractivity contribution in [2.45, 2.75) is 39.0 Å². The van der Waals surface area contributed by atoms with Gasteiger partial charge in [0.1, 0.15) is 0 Å². The van der Waals surface area contributed by atoms with Crippen molar-refractivity contribution in [1.82, 2.24) is 10.6 Å². The summed E-state index contributed by atoms with van der Waals surface area (Å²) in [7, 11) is 0. The van der Waals surface area contributed by atoms with Crippen LogP contribution in [0.15, 0.2) is 0 Å². The molecule has 2 rings (SSSR count). The summed E-state index contributed by atoms with van der Waals surface area (Å²) in [5.41, 5.74) is 0.563. The van der Waals surface area contributed by atoms with Crippen molar-refractivity contribution in [3.63, 3.8) is 0 Å². The molecule has 1 saturated heterocycles. The standard InChI is InChI=1S/C12H24N2/c1-2-12(6-3-7-13-9-12)10-14-8-11-4-5-11/h11,13-14H,2-10H2,1H3. The van der Waals surface area contributed by atoms with E-state index in [9.17, 15) is 0 Å². The summed E-state index contributed by atoms with van der Waals surface area (Å²) in [5, 5.41) is 7.21. The summed E-state index contributed by atoms with van der Waals surface area (Å²) in [4.78, 5) is 0. The molecule has 0 bridgehead atoms. The zero-order valence-electron chi connectivity index (χ0n) is 9.44. The van der Waals surface area contributed by atoms with Crippen LogP contribution in [0.3, 0.4) is 0 Å². The van der Waals surface area contributed by atoms with E-state index in [2.05, 4.69) is 17.6 Å². The summed E-state index contributed by atoms with van der Waals surface area (Å²) < 4.78 is 0. The molecule has 2 aliphatic rings. The monoisotopic (exact) mass is 196 g/mol. The topological polar surface area (TPSA) is 24.1 Å². The first-order valence-electron chi connectivity index (χ1n) is 6.26. The highest BCUT2D eigenvalue weighted by Crippen LogP contribution is 2.31. The van der Waals surface area contributed by atoms with Gasteiger partial charge in [-0.05, 0) is 56.5 Å². The molecule has 0 spiro atoms. The van der Waals surface area contributed by atoms with Crippen LogP contribution in [-0.2, 0) is 0 Å². The van der Waals surface area contributed by atoms with Gasteiger partial charge < -0.3 is 10.6 Å². The quantitative estimate of drug-likeness (QED) is 0.700. The van der Waals surface area contributed by atoms with Crippen molar-refractivity contribution >= 4 is 0 Å². The molecule has 1 aliphatic carbocycles.